The van der Waals surface area contributed by atoms with Crippen molar-refractivity contribution >= 4 is 51.6 Å². The van der Waals surface area contributed by atoms with Crippen LogP contribution in [0, 0.1) is 5.92 Å². The van der Waals surface area contributed by atoms with Crippen molar-refractivity contribution in [3.63, 3.8) is 0 Å². The number of carbonyl (C=O) groups is 1. The van der Waals surface area contributed by atoms with E-state index in [1.54, 1.807) is 31.4 Å². The van der Waals surface area contributed by atoms with Gasteiger partial charge < -0.3 is 19.8 Å². The number of ether oxygens (including phenoxy) is 1. The number of nitrogens with one attached hydrogen (secondary N) is 2. The number of nitrogens with zero attached hydrogens (tertiary/aromatic N) is 1. The van der Waals surface area contributed by atoms with Gasteiger partial charge in [0.1, 0.15) is 11.3 Å². The van der Waals surface area contributed by atoms with E-state index < -0.39 is 0 Å². The lowest BCUT2D eigenvalue weighted by Crippen LogP contribution is -2.34. The Morgan fingerprint density at radius 2 is 2.07 bits per heavy atom. The van der Waals surface area contributed by atoms with E-state index in [-0.39, 0.29) is 11.0 Å². The van der Waals surface area contributed by atoms with Crippen LogP contribution in [-0.4, -0.2) is 23.1 Å². The highest BCUT2D eigenvalue weighted by Gasteiger charge is 2.12. The van der Waals surface area contributed by atoms with E-state index in [1.807, 2.05) is 12.1 Å². The number of halogens is 1. The van der Waals surface area contributed by atoms with Crippen molar-refractivity contribution in [1.82, 2.24) is 10.3 Å². The molecule has 0 unspecified atom stereocenters. The van der Waals surface area contributed by atoms with Crippen LogP contribution in [0.25, 0.3) is 22.6 Å². The molecular formula is C21H22ClN3O3S. The highest BCUT2D eigenvalue weighted by Crippen LogP contribution is 2.32. The van der Waals surface area contributed by atoms with Crippen molar-refractivity contribution in [2.75, 3.05) is 12.4 Å². The number of methoxy groups -OCH3 is 1. The van der Waals surface area contributed by atoms with Gasteiger partial charge in [0.25, 0.3) is 0 Å². The van der Waals surface area contributed by atoms with Crippen molar-refractivity contribution in [3.8, 4) is 17.2 Å². The third-order valence-electron chi connectivity index (χ3n) is 4.25. The summed E-state index contributed by atoms with van der Waals surface area (Å²) in [6, 6.07) is 10.7. The van der Waals surface area contributed by atoms with Crippen molar-refractivity contribution in [3.05, 3.63) is 41.4 Å². The summed E-state index contributed by atoms with van der Waals surface area (Å²) in [5.41, 5.74) is 2.74. The van der Waals surface area contributed by atoms with Crippen LogP contribution in [0.15, 0.2) is 40.8 Å². The van der Waals surface area contributed by atoms with Crippen LogP contribution in [0.2, 0.25) is 5.02 Å². The molecule has 2 N–H and O–H groups in total. The highest BCUT2D eigenvalue weighted by atomic mass is 35.5. The van der Waals surface area contributed by atoms with Crippen LogP contribution in [-0.2, 0) is 4.79 Å². The average Bonchev–Trinajstić information content (AvgIpc) is 3.09. The fourth-order valence-corrected chi connectivity index (χ4v) is 3.19. The molecule has 0 saturated carbocycles. The van der Waals surface area contributed by atoms with Gasteiger partial charge in [-0.05, 0) is 61.0 Å². The number of anilines is 1. The molecule has 0 aliphatic heterocycles. The average molecular weight is 432 g/mol. The molecule has 1 aromatic heterocycles. The second-order valence-corrected chi connectivity index (χ2v) is 7.80. The van der Waals surface area contributed by atoms with Crippen molar-refractivity contribution < 1.29 is 13.9 Å². The summed E-state index contributed by atoms with van der Waals surface area (Å²) in [6.45, 7) is 4.15. The van der Waals surface area contributed by atoms with E-state index in [0.717, 1.165) is 12.0 Å². The Morgan fingerprint density at radius 1 is 1.28 bits per heavy atom. The molecule has 1 amide bonds. The zero-order valence-electron chi connectivity index (χ0n) is 16.4. The van der Waals surface area contributed by atoms with Gasteiger partial charge in [0, 0.05) is 17.7 Å². The molecule has 0 aliphatic carbocycles. The van der Waals surface area contributed by atoms with Gasteiger partial charge in [-0.25, -0.2) is 4.98 Å². The molecule has 0 spiro atoms. The molecule has 0 atom stereocenters. The second-order valence-electron chi connectivity index (χ2n) is 6.99. The first-order valence-electron chi connectivity index (χ1n) is 9.21. The van der Waals surface area contributed by atoms with Gasteiger partial charge in [-0.15, -0.1) is 0 Å². The molecule has 1 heterocycles. The van der Waals surface area contributed by atoms with Gasteiger partial charge >= 0.3 is 0 Å². The monoisotopic (exact) mass is 431 g/mol. The van der Waals surface area contributed by atoms with Crippen LogP contribution in [0.1, 0.15) is 26.7 Å². The molecule has 6 nitrogen and oxygen atoms in total. The van der Waals surface area contributed by atoms with Gasteiger partial charge in [0.05, 0.1) is 12.1 Å². The summed E-state index contributed by atoms with van der Waals surface area (Å²) < 4.78 is 11.0. The maximum atomic E-state index is 11.9. The Hall–Kier alpha value is -2.64. The number of hydrogen-bond acceptors (Lipinski definition) is 5. The molecule has 3 rings (SSSR count). The normalized spacial score (nSPS) is 10.9. The lowest BCUT2D eigenvalue weighted by Gasteiger charge is -2.10. The molecule has 152 valence electrons. The van der Waals surface area contributed by atoms with Crippen LogP contribution < -0.4 is 15.4 Å². The Bertz CT molecular complexity index is 1050. The smallest absolute Gasteiger partial charge is 0.227 e. The molecule has 0 bridgehead atoms. The number of fused-ring (bicyclic) bond motifs is 1. The van der Waals surface area contributed by atoms with Gasteiger partial charge in [-0.2, -0.15) is 0 Å². The van der Waals surface area contributed by atoms with Crippen molar-refractivity contribution in [1.29, 1.82) is 0 Å². The molecule has 8 heteroatoms. The number of aromatic nitrogens is 1. The molecule has 0 saturated heterocycles. The van der Waals surface area contributed by atoms with Gasteiger partial charge in [0.2, 0.25) is 11.8 Å². The first-order valence-corrected chi connectivity index (χ1v) is 9.99. The summed E-state index contributed by atoms with van der Waals surface area (Å²) in [5, 5.41) is 6.43. The van der Waals surface area contributed by atoms with E-state index in [1.165, 1.54) is 0 Å². The number of carbonyl (C=O) groups excluding carboxylic acids is 1. The number of rotatable bonds is 6. The highest BCUT2D eigenvalue weighted by molar-refractivity contribution is 7.80. The minimum atomic E-state index is -0.0996. The summed E-state index contributed by atoms with van der Waals surface area (Å²) in [7, 11) is 1.56. The Kier molecular flexibility index (Phi) is 6.71. The Morgan fingerprint density at radius 3 is 2.76 bits per heavy atom. The summed E-state index contributed by atoms with van der Waals surface area (Å²) in [4.78, 5) is 16.4. The van der Waals surface area contributed by atoms with E-state index in [2.05, 4.69) is 29.5 Å². The molecule has 0 aliphatic rings. The summed E-state index contributed by atoms with van der Waals surface area (Å²) in [6.07, 6.45) is 1.26. The minimum Gasteiger partial charge on any atom is -0.495 e. The van der Waals surface area contributed by atoms with Gasteiger partial charge in [0.15, 0.2) is 10.7 Å². The van der Waals surface area contributed by atoms with Crippen molar-refractivity contribution in [2.24, 2.45) is 5.92 Å². The Balaban J connectivity index is 1.71. The molecule has 29 heavy (non-hydrogen) atoms. The number of thiocarbonyl (C=S) groups is 1. The van der Waals surface area contributed by atoms with E-state index in [4.69, 9.17) is 33.0 Å². The first kappa shape index (κ1) is 21.1. The second kappa shape index (κ2) is 9.24. The Labute approximate surface area is 179 Å². The van der Waals surface area contributed by atoms with Crippen molar-refractivity contribution in [2.45, 2.75) is 26.7 Å². The number of amides is 1. The fourth-order valence-electron chi connectivity index (χ4n) is 2.70. The van der Waals surface area contributed by atoms with Crippen LogP contribution in [0.3, 0.4) is 0 Å². The predicted molar refractivity (Wildman–Crippen MR) is 119 cm³/mol. The van der Waals surface area contributed by atoms with E-state index in [9.17, 15) is 4.79 Å². The topological polar surface area (TPSA) is 76.4 Å². The molecule has 2 aromatic carbocycles. The third-order valence-corrected chi connectivity index (χ3v) is 4.75. The van der Waals surface area contributed by atoms with Crippen LogP contribution in [0.5, 0.6) is 5.75 Å². The largest absolute Gasteiger partial charge is 0.495 e. The lowest BCUT2D eigenvalue weighted by atomic mass is 10.1. The fraction of sp³-hybridized carbons (Fsp3) is 0.286. The number of hydrogen-bond donors (Lipinski definition) is 2. The SMILES string of the molecule is COc1ccc(-c2nc3cc(NC(=S)NC(=O)CCC(C)C)ccc3o2)cc1Cl. The van der Waals surface area contributed by atoms with Gasteiger partial charge in [-0.1, -0.05) is 25.4 Å². The number of benzene rings is 2. The summed E-state index contributed by atoms with van der Waals surface area (Å²) >= 11 is 11.4. The van der Waals surface area contributed by atoms with E-state index >= 15 is 0 Å². The molecule has 0 radical (unpaired) electrons. The molecular weight excluding hydrogens is 410 g/mol. The molecule has 0 fully saturated rings. The van der Waals surface area contributed by atoms with E-state index in [0.29, 0.717) is 45.8 Å². The summed E-state index contributed by atoms with van der Waals surface area (Å²) in [5.74, 6) is 1.40. The zero-order chi connectivity index (χ0) is 21.0. The zero-order valence-corrected chi connectivity index (χ0v) is 18.0. The third kappa shape index (κ3) is 5.46. The maximum absolute atomic E-state index is 11.9. The van der Waals surface area contributed by atoms with Crippen LogP contribution >= 0.6 is 23.8 Å². The number of oxazole rings is 1. The van der Waals surface area contributed by atoms with Crippen LogP contribution in [0.4, 0.5) is 5.69 Å². The lowest BCUT2D eigenvalue weighted by molar-refractivity contribution is -0.119. The minimum absolute atomic E-state index is 0.0996. The maximum Gasteiger partial charge on any atom is 0.227 e. The standard InChI is InChI=1S/C21H22ClN3O3S/c1-12(2)4-9-19(26)25-21(29)23-14-6-8-18-16(11-14)24-20(28-18)13-5-7-17(27-3)15(22)10-13/h5-8,10-12H,4,9H2,1-3H3,(H2,23,25,26,29). The molecule has 3 aromatic rings. The first-order chi connectivity index (χ1) is 13.9. The predicted octanol–water partition coefficient (Wildman–Crippen LogP) is 5.41. The van der Waals surface area contributed by atoms with Gasteiger partial charge in [-0.3, -0.25) is 4.79 Å². The quantitative estimate of drug-likeness (QED) is 0.508.